The Bertz CT molecular complexity index is 286. The molecule has 0 atom stereocenters. The number of hydrogen-bond donors (Lipinski definition) is 0. The first-order chi connectivity index (χ1) is 7.00. The molecule has 0 radical (unpaired) electrons. The molecule has 0 bridgehead atoms. The highest BCUT2D eigenvalue weighted by molar-refractivity contribution is 4.71. The van der Waals surface area contributed by atoms with Gasteiger partial charge in [-0.05, 0) is 27.7 Å². The molecule has 4 heteroatoms. The fraction of sp³-hybridized carbons (Fsp3) is 0.750. The molecule has 0 saturated carbocycles. The lowest BCUT2D eigenvalue weighted by atomic mass is 10.2. The van der Waals surface area contributed by atoms with Gasteiger partial charge in [0.15, 0.2) is 0 Å². The molecular formula is C12H24ClN3. The molecule has 0 aromatic carbocycles. The Kier molecular flexibility index (Phi) is 6.68. The second-order valence-corrected chi connectivity index (χ2v) is 4.74. The van der Waals surface area contributed by atoms with Crippen LogP contribution in [0.1, 0.15) is 27.7 Å². The highest BCUT2D eigenvalue weighted by atomic mass is 35.5. The van der Waals surface area contributed by atoms with Crippen LogP contribution in [0.3, 0.4) is 0 Å². The first kappa shape index (κ1) is 15.5. The molecule has 16 heavy (non-hydrogen) atoms. The number of imidazole rings is 1. The molecule has 0 N–H and O–H groups in total. The molecule has 0 unspecified atom stereocenters. The Labute approximate surface area is 105 Å². The molecule has 0 aliphatic rings. The van der Waals surface area contributed by atoms with Crippen LogP contribution in [0.25, 0.3) is 0 Å². The molecule has 0 spiro atoms. The maximum absolute atomic E-state index is 2.51. The lowest BCUT2D eigenvalue weighted by Gasteiger charge is -2.29. The highest BCUT2D eigenvalue weighted by Crippen LogP contribution is 2.04. The third-order valence-electron chi connectivity index (χ3n) is 2.77. The van der Waals surface area contributed by atoms with Gasteiger partial charge in [-0.25, -0.2) is 9.13 Å². The number of nitrogens with zero attached hydrogens (tertiary/aromatic N) is 3. The maximum atomic E-state index is 2.51. The number of hydrogen-bond acceptors (Lipinski definition) is 1. The van der Waals surface area contributed by atoms with Crippen molar-refractivity contribution >= 4 is 0 Å². The van der Waals surface area contributed by atoms with Gasteiger partial charge < -0.3 is 12.4 Å². The van der Waals surface area contributed by atoms with Crippen LogP contribution < -0.4 is 17.0 Å². The zero-order valence-corrected chi connectivity index (χ0v) is 11.8. The topological polar surface area (TPSA) is 12.1 Å². The Morgan fingerprint density at radius 3 is 2.12 bits per heavy atom. The van der Waals surface area contributed by atoms with Crippen molar-refractivity contribution in [2.45, 2.75) is 46.3 Å². The lowest BCUT2D eigenvalue weighted by molar-refractivity contribution is -0.671. The van der Waals surface area contributed by atoms with Crippen LogP contribution in [0.4, 0.5) is 0 Å². The van der Waals surface area contributed by atoms with Crippen LogP contribution in [0.5, 0.6) is 0 Å². The third-order valence-corrected chi connectivity index (χ3v) is 2.77. The normalized spacial score (nSPS) is 11.2. The van der Waals surface area contributed by atoms with Gasteiger partial charge >= 0.3 is 0 Å². The average Bonchev–Trinajstić information content (AvgIpc) is 2.50. The first-order valence-corrected chi connectivity index (χ1v) is 5.77. The van der Waals surface area contributed by atoms with Crippen LogP contribution in [-0.2, 0) is 13.6 Å². The second kappa shape index (κ2) is 6.92. The summed E-state index contributed by atoms with van der Waals surface area (Å²) in [5, 5.41) is 0. The highest BCUT2D eigenvalue weighted by Gasteiger charge is 2.13. The fourth-order valence-corrected chi connectivity index (χ4v) is 1.98. The minimum atomic E-state index is 0. The SMILES string of the molecule is CC(C)N(CCn1cc[n+](C)c1)C(C)C.[Cl-]. The molecule has 0 saturated heterocycles. The average molecular weight is 246 g/mol. The van der Waals surface area contributed by atoms with Gasteiger partial charge in [-0.1, -0.05) is 0 Å². The quantitative estimate of drug-likeness (QED) is 0.572. The molecule has 3 nitrogen and oxygen atoms in total. The van der Waals surface area contributed by atoms with Crippen molar-refractivity contribution in [1.82, 2.24) is 9.47 Å². The van der Waals surface area contributed by atoms with E-state index in [1.165, 1.54) is 0 Å². The Morgan fingerprint density at radius 2 is 1.75 bits per heavy atom. The number of halogens is 1. The van der Waals surface area contributed by atoms with E-state index in [0.717, 1.165) is 13.1 Å². The van der Waals surface area contributed by atoms with Crippen molar-refractivity contribution in [3.05, 3.63) is 18.7 Å². The Morgan fingerprint density at radius 1 is 1.19 bits per heavy atom. The zero-order chi connectivity index (χ0) is 11.4. The molecule has 1 aromatic heterocycles. The summed E-state index contributed by atoms with van der Waals surface area (Å²) in [4.78, 5) is 2.51. The van der Waals surface area contributed by atoms with Crippen LogP contribution >= 0.6 is 0 Å². The van der Waals surface area contributed by atoms with Crippen molar-refractivity contribution in [2.24, 2.45) is 7.05 Å². The van der Waals surface area contributed by atoms with Crippen LogP contribution in [0.2, 0.25) is 0 Å². The van der Waals surface area contributed by atoms with E-state index in [0.29, 0.717) is 12.1 Å². The van der Waals surface area contributed by atoms with Crippen molar-refractivity contribution in [1.29, 1.82) is 0 Å². The van der Waals surface area contributed by atoms with Gasteiger partial charge in [-0.3, -0.25) is 4.90 Å². The van der Waals surface area contributed by atoms with Gasteiger partial charge in [-0.15, -0.1) is 0 Å². The number of rotatable bonds is 5. The van der Waals surface area contributed by atoms with Gasteiger partial charge in [0.1, 0.15) is 18.9 Å². The van der Waals surface area contributed by atoms with Gasteiger partial charge in [-0.2, -0.15) is 0 Å². The molecule has 1 heterocycles. The van der Waals surface area contributed by atoms with Crippen LogP contribution in [0, 0.1) is 0 Å². The van der Waals surface area contributed by atoms with E-state index in [2.05, 4.69) is 67.5 Å². The molecule has 1 aromatic rings. The molecule has 0 fully saturated rings. The predicted molar refractivity (Wildman–Crippen MR) is 62.6 cm³/mol. The summed E-state index contributed by atoms with van der Waals surface area (Å²) < 4.78 is 4.31. The Hall–Kier alpha value is -0.540. The summed E-state index contributed by atoms with van der Waals surface area (Å²) in [5.74, 6) is 0. The zero-order valence-electron chi connectivity index (χ0n) is 11.0. The van der Waals surface area contributed by atoms with Crippen LogP contribution in [-0.4, -0.2) is 28.1 Å². The summed E-state index contributed by atoms with van der Waals surface area (Å²) in [6.45, 7) is 11.2. The minimum Gasteiger partial charge on any atom is -1.00 e. The summed E-state index contributed by atoms with van der Waals surface area (Å²) in [6, 6.07) is 1.24. The fourth-order valence-electron chi connectivity index (χ4n) is 1.98. The van der Waals surface area contributed by atoms with E-state index in [-0.39, 0.29) is 12.4 Å². The summed E-state index contributed by atoms with van der Waals surface area (Å²) in [5.41, 5.74) is 0. The molecule has 0 aliphatic carbocycles. The van der Waals surface area contributed by atoms with E-state index in [1.807, 2.05) is 0 Å². The van der Waals surface area contributed by atoms with Crippen molar-refractivity contribution in [3.63, 3.8) is 0 Å². The van der Waals surface area contributed by atoms with Gasteiger partial charge in [0.25, 0.3) is 0 Å². The standard InChI is InChI=1S/C12H24N3.ClH/c1-11(2)15(12(3)4)9-8-14-7-6-13(5)10-14;/h6-7,10-12H,8-9H2,1-5H3;1H/q+1;/p-1. The van der Waals surface area contributed by atoms with Gasteiger partial charge in [0, 0.05) is 18.6 Å². The molecule has 0 amide bonds. The summed E-state index contributed by atoms with van der Waals surface area (Å²) >= 11 is 0. The maximum Gasteiger partial charge on any atom is 0.243 e. The van der Waals surface area contributed by atoms with Crippen molar-refractivity contribution in [2.75, 3.05) is 6.54 Å². The second-order valence-electron chi connectivity index (χ2n) is 4.74. The van der Waals surface area contributed by atoms with E-state index in [4.69, 9.17) is 0 Å². The lowest BCUT2D eigenvalue weighted by Crippen LogP contribution is -3.00. The Balaban J connectivity index is 0.00000225. The first-order valence-electron chi connectivity index (χ1n) is 5.77. The summed E-state index contributed by atoms with van der Waals surface area (Å²) in [6.07, 6.45) is 6.33. The van der Waals surface area contributed by atoms with Crippen molar-refractivity contribution < 1.29 is 17.0 Å². The van der Waals surface area contributed by atoms with E-state index >= 15 is 0 Å². The molecular weight excluding hydrogens is 222 g/mol. The number of aromatic nitrogens is 2. The van der Waals surface area contributed by atoms with Gasteiger partial charge in [0.05, 0.1) is 7.05 Å². The van der Waals surface area contributed by atoms with Crippen LogP contribution in [0.15, 0.2) is 18.7 Å². The molecule has 0 aliphatic heterocycles. The van der Waals surface area contributed by atoms with E-state index < -0.39 is 0 Å². The largest absolute Gasteiger partial charge is 1.00 e. The monoisotopic (exact) mass is 245 g/mol. The smallest absolute Gasteiger partial charge is 0.243 e. The number of aryl methyl sites for hydroxylation is 1. The predicted octanol–water partition coefficient (Wildman–Crippen LogP) is -1.56. The van der Waals surface area contributed by atoms with Crippen molar-refractivity contribution in [3.8, 4) is 0 Å². The molecule has 94 valence electrons. The van der Waals surface area contributed by atoms with E-state index in [1.54, 1.807) is 0 Å². The summed E-state index contributed by atoms with van der Waals surface area (Å²) in [7, 11) is 2.05. The van der Waals surface area contributed by atoms with Gasteiger partial charge in [0.2, 0.25) is 6.33 Å². The third kappa shape index (κ3) is 4.54. The molecule has 1 rings (SSSR count). The van der Waals surface area contributed by atoms with E-state index in [9.17, 15) is 0 Å². The minimum absolute atomic E-state index is 0.